The summed E-state index contributed by atoms with van der Waals surface area (Å²) in [6.07, 6.45) is 0. The molecule has 0 amide bonds. The molecule has 2 aromatic carbocycles. The SMILES string of the molecule is CC(=O)[B]c1cccc2cc(C)ccc12. The highest BCUT2D eigenvalue weighted by Gasteiger charge is 2.05. The number of aryl methyl sites for hydroxylation is 1. The van der Waals surface area contributed by atoms with Crippen LogP contribution in [0.15, 0.2) is 36.4 Å². The van der Waals surface area contributed by atoms with E-state index >= 15 is 0 Å². The summed E-state index contributed by atoms with van der Waals surface area (Å²) in [5.41, 5.74) is 2.32. The summed E-state index contributed by atoms with van der Waals surface area (Å²) in [4.78, 5) is 11.1. The second-order valence-electron chi connectivity index (χ2n) is 3.83. The first kappa shape index (κ1) is 9.97. The topological polar surface area (TPSA) is 17.1 Å². The number of carbonyl (C=O) groups excluding carboxylic acids is 1. The van der Waals surface area contributed by atoms with Crippen LogP contribution in [0.3, 0.4) is 0 Å². The minimum absolute atomic E-state index is 0.0862. The van der Waals surface area contributed by atoms with Crippen LogP contribution in [-0.4, -0.2) is 13.0 Å². The smallest absolute Gasteiger partial charge is 0.241 e. The molecule has 2 rings (SSSR count). The molecule has 1 nitrogen and oxygen atoms in total. The standard InChI is InChI=1S/C13H12BO/c1-9-6-7-12-11(8-9)4-3-5-13(12)14-10(2)15/h3-8H,1-2H3. The summed E-state index contributed by atoms with van der Waals surface area (Å²) in [5, 5.41) is 2.32. The third-order valence-electron chi connectivity index (χ3n) is 2.43. The highest BCUT2D eigenvalue weighted by Crippen LogP contribution is 2.13. The summed E-state index contributed by atoms with van der Waals surface area (Å²) in [7, 11) is 1.68. The maximum Gasteiger partial charge on any atom is 0.241 e. The van der Waals surface area contributed by atoms with Crippen molar-refractivity contribution in [3.05, 3.63) is 42.0 Å². The molecule has 0 aliphatic heterocycles. The van der Waals surface area contributed by atoms with E-state index < -0.39 is 0 Å². The lowest BCUT2D eigenvalue weighted by molar-refractivity contribution is -0.110. The highest BCUT2D eigenvalue weighted by atomic mass is 16.1. The Bertz CT molecular complexity index is 517. The fraction of sp³-hybridized carbons (Fsp3) is 0.154. The van der Waals surface area contributed by atoms with Gasteiger partial charge < -0.3 is 4.79 Å². The Morgan fingerprint density at radius 3 is 2.73 bits per heavy atom. The van der Waals surface area contributed by atoms with E-state index in [1.165, 1.54) is 10.9 Å². The molecule has 0 fully saturated rings. The van der Waals surface area contributed by atoms with Gasteiger partial charge in [0.2, 0.25) is 7.28 Å². The minimum atomic E-state index is 0.0862. The largest absolute Gasteiger partial charge is 0.312 e. The van der Waals surface area contributed by atoms with Gasteiger partial charge in [-0.15, -0.1) is 0 Å². The van der Waals surface area contributed by atoms with Gasteiger partial charge in [0, 0.05) is 0 Å². The van der Waals surface area contributed by atoms with Gasteiger partial charge in [0.05, 0.1) is 5.68 Å². The predicted molar refractivity (Wildman–Crippen MR) is 64.8 cm³/mol. The molecule has 1 radical (unpaired) electrons. The molecule has 73 valence electrons. The monoisotopic (exact) mass is 195 g/mol. The fourth-order valence-electron chi connectivity index (χ4n) is 1.77. The van der Waals surface area contributed by atoms with E-state index in [4.69, 9.17) is 0 Å². The summed E-state index contributed by atoms with van der Waals surface area (Å²) >= 11 is 0. The lowest BCUT2D eigenvalue weighted by Gasteiger charge is -2.04. The second-order valence-corrected chi connectivity index (χ2v) is 3.83. The predicted octanol–water partition coefficient (Wildman–Crippen LogP) is 2.02. The van der Waals surface area contributed by atoms with Gasteiger partial charge in [0.25, 0.3) is 0 Å². The van der Waals surface area contributed by atoms with Crippen molar-refractivity contribution in [2.24, 2.45) is 0 Å². The molecule has 2 heteroatoms. The van der Waals surface area contributed by atoms with E-state index in [-0.39, 0.29) is 5.68 Å². The highest BCUT2D eigenvalue weighted by molar-refractivity contribution is 6.85. The second kappa shape index (κ2) is 3.89. The number of rotatable bonds is 2. The summed E-state index contributed by atoms with van der Waals surface area (Å²) in [5.74, 6) is 0. The molecule has 0 atom stereocenters. The first-order chi connectivity index (χ1) is 7.16. The maximum atomic E-state index is 11.1. The normalized spacial score (nSPS) is 10.3. The summed E-state index contributed by atoms with van der Waals surface area (Å²) in [6, 6.07) is 12.3. The number of hydrogen-bond donors (Lipinski definition) is 0. The van der Waals surface area contributed by atoms with Crippen LogP contribution in [0, 0.1) is 6.92 Å². The maximum absolute atomic E-state index is 11.1. The lowest BCUT2D eigenvalue weighted by Crippen LogP contribution is -2.21. The van der Waals surface area contributed by atoms with Gasteiger partial charge >= 0.3 is 0 Å². The van der Waals surface area contributed by atoms with Gasteiger partial charge in [-0.3, -0.25) is 0 Å². The first-order valence-corrected chi connectivity index (χ1v) is 5.01. The molecular formula is C13H12BO. The molecule has 0 aliphatic rings. The van der Waals surface area contributed by atoms with Crippen LogP contribution in [0.4, 0.5) is 0 Å². The van der Waals surface area contributed by atoms with E-state index in [9.17, 15) is 4.79 Å². The molecule has 15 heavy (non-hydrogen) atoms. The number of benzene rings is 2. The Balaban J connectivity index is 2.60. The zero-order valence-corrected chi connectivity index (χ0v) is 8.95. The molecule has 0 saturated heterocycles. The molecule has 0 aromatic heterocycles. The van der Waals surface area contributed by atoms with Crippen molar-refractivity contribution in [2.45, 2.75) is 13.8 Å². The molecule has 0 heterocycles. The molecular weight excluding hydrogens is 183 g/mol. The van der Waals surface area contributed by atoms with Crippen molar-refractivity contribution < 1.29 is 4.79 Å². The van der Waals surface area contributed by atoms with E-state index in [0.29, 0.717) is 0 Å². The third-order valence-corrected chi connectivity index (χ3v) is 2.43. The zero-order chi connectivity index (χ0) is 10.8. The number of fused-ring (bicyclic) bond motifs is 1. The minimum Gasteiger partial charge on any atom is -0.312 e. The molecule has 0 aliphatic carbocycles. The lowest BCUT2D eigenvalue weighted by atomic mass is 9.65. The Labute approximate surface area is 90.4 Å². The van der Waals surface area contributed by atoms with Gasteiger partial charge in [-0.25, -0.2) is 0 Å². The fourth-order valence-corrected chi connectivity index (χ4v) is 1.77. The van der Waals surface area contributed by atoms with Crippen LogP contribution in [0.2, 0.25) is 0 Å². The summed E-state index contributed by atoms with van der Waals surface area (Å²) in [6.45, 7) is 3.65. The Hall–Kier alpha value is -1.57. The van der Waals surface area contributed by atoms with Crippen molar-refractivity contribution in [2.75, 3.05) is 0 Å². The Morgan fingerprint density at radius 2 is 2.00 bits per heavy atom. The number of carbonyl (C=O) groups is 1. The van der Waals surface area contributed by atoms with Crippen LogP contribution in [0.5, 0.6) is 0 Å². The van der Waals surface area contributed by atoms with E-state index in [0.717, 1.165) is 10.8 Å². The zero-order valence-electron chi connectivity index (χ0n) is 8.95. The molecule has 2 aromatic rings. The molecule has 0 saturated carbocycles. The average Bonchev–Trinajstić information content (AvgIpc) is 2.16. The molecule has 0 unspecified atom stereocenters. The van der Waals surface area contributed by atoms with Crippen LogP contribution >= 0.6 is 0 Å². The van der Waals surface area contributed by atoms with E-state index in [1.54, 1.807) is 14.2 Å². The molecule has 0 bridgehead atoms. The van der Waals surface area contributed by atoms with Crippen molar-refractivity contribution >= 4 is 29.2 Å². The van der Waals surface area contributed by atoms with E-state index in [1.807, 2.05) is 12.1 Å². The van der Waals surface area contributed by atoms with Crippen LogP contribution < -0.4 is 5.46 Å². The molecule has 0 N–H and O–H groups in total. The van der Waals surface area contributed by atoms with Crippen molar-refractivity contribution in [3.8, 4) is 0 Å². The quantitative estimate of drug-likeness (QED) is 0.670. The van der Waals surface area contributed by atoms with Crippen LogP contribution in [-0.2, 0) is 4.79 Å². The van der Waals surface area contributed by atoms with Gasteiger partial charge in [-0.2, -0.15) is 0 Å². The van der Waals surface area contributed by atoms with E-state index in [2.05, 4.69) is 31.2 Å². The van der Waals surface area contributed by atoms with Crippen molar-refractivity contribution in [1.29, 1.82) is 0 Å². The third kappa shape index (κ3) is 2.09. The van der Waals surface area contributed by atoms with Crippen molar-refractivity contribution in [1.82, 2.24) is 0 Å². The van der Waals surface area contributed by atoms with Crippen LogP contribution in [0.1, 0.15) is 12.5 Å². The molecule has 0 spiro atoms. The number of hydrogen-bond acceptors (Lipinski definition) is 1. The average molecular weight is 195 g/mol. The van der Waals surface area contributed by atoms with Crippen molar-refractivity contribution in [3.63, 3.8) is 0 Å². The van der Waals surface area contributed by atoms with Gasteiger partial charge in [0.1, 0.15) is 0 Å². The first-order valence-electron chi connectivity index (χ1n) is 5.01. The van der Waals surface area contributed by atoms with Gasteiger partial charge in [-0.1, -0.05) is 47.4 Å². The van der Waals surface area contributed by atoms with Crippen LogP contribution in [0.25, 0.3) is 10.8 Å². The Kier molecular flexibility index (Phi) is 2.59. The van der Waals surface area contributed by atoms with Gasteiger partial charge in [0.15, 0.2) is 0 Å². The Morgan fingerprint density at radius 1 is 1.20 bits per heavy atom. The summed E-state index contributed by atoms with van der Waals surface area (Å²) < 4.78 is 0. The van der Waals surface area contributed by atoms with Gasteiger partial charge in [-0.05, 0) is 24.6 Å².